The Morgan fingerprint density at radius 1 is 1.54 bits per heavy atom. The summed E-state index contributed by atoms with van der Waals surface area (Å²) in [5, 5.41) is 12.1. The topological polar surface area (TPSA) is 125 Å². The Bertz CT molecular complexity index is 710. The van der Waals surface area contributed by atoms with Gasteiger partial charge in [-0.15, -0.1) is 0 Å². The molecular weight excluding hydrogens is 332 g/mol. The van der Waals surface area contributed by atoms with Crippen molar-refractivity contribution in [1.29, 1.82) is 5.26 Å². The van der Waals surface area contributed by atoms with Gasteiger partial charge in [0.1, 0.15) is 5.54 Å². The van der Waals surface area contributed by atoms with Crippen LogP contribution in [-0.2, 0) is 20.7 Å². The first-order chi connectivity index (χ1) is 11.2. The average molecular weight is 352 g/mol. The molecule has 1 rings (SSSR count). The summed E-state index contributed by atoms with van der Waals surface area (Å²) in [6.07, 6.45) is -0.125. The molecule has 0 bridgehead atoms. The number of methoxy groups -OCH3 is 1. The average Bonchev–Trinajstić information content (AvgIpc) is 2.52. The third kappa shape index (κ3) is 5.70. The summed E-state index contributed by atoms with van der Waals surface area (Å²) < 4.78 is 4.53. The van der Waals surface area contributed by atoms with E-state index in [1.165, 1.54) is 13.2 Å². The number of esters is 1. The first-order valence-electron chi connectivity index (χ1n) is 7.22. The van der Waals surface area contributed by atoms with E-state index in [1.807, 2.05) is 13.8 Å². The van der Waals surface area contributed by atoms with Crippen LogP contribution in [0.2, 0.25) is 0 Å². The van der Waals surface area contributed by atoms with Crippen molar-refractivity contribution in [2.24, 2.45) is 5.92 Å². The molecule has 0 saturated heterocycles. The van der Waals surface area contributed by atoms with Gasteiger partial charge in [0, 0.05) is 6.07 Å². The zero-order valence-electron chi connectivity index (χ0n) is 14.0. The minimum atomic E-state index is -0.967. The van der Waals surface area contributed by atoms with Crippen molar-refractivity contribution < 1.29 is 14.3 Å². The van der Waals surface area contributed by atoms with Crippen molar-refractivity contribution in [3.8, 4) is 6.07 Å². The van der Waals surface area contributed by atoms with Gasteiger partial charge in [-0.25, -0.2) is 4.98 Å². The van der Waals surface area contributed by atoms with Gasteiger partial charge in [0.25, 0.3) is 5.56 Å². The number of nitriles is 1. The quantitative estimate of drug-likeness (QED) is 0.419. The number of carbonyl (C=O) groups is 2. The lowest BCUT2D eigenvalue weighted by molar-refractivity contribution is -0.139. The number of aromatic amines is 1. The number of H-pyrrole nitrogens is 1. The highest BCUT2D eigenvalue weighted by atomic mass is 32.2. The van der Waals surface area contributed by atoms with Crippen molar-refractivity contribution >= 4 is 23.6 Å². The molecular formula is C15H20N4O4S. The second-order valence-corrected chi connectivity index (χ2v) is 6.56. The molecule has 1 amide bonds. The molecule has 1 heterocycles. The third-order valence-corrected chi connectivity index (χ3v) is 4.33. The molecule has 9 heteroatoms. The molecule has 0 aliphatic carbocycles. The predicted molar refractivity (Wildman–Crippen MR) is 88.3 cm³/mol. The van der Waals surface area contributed by atoms with Gasteiger partial charge in [0.05, 0.1) is 31.0 Å². The van der Waals surface area contributed by atoms with E-state index in [0.29, 0.717) is 0 Å². The van der Waals surface area contributed by atoms with Crippen LogP contribution < -0.4 is 10.9 Å². The van der Waals surface area contributed by atoms with Gasteiger partial charge in [-0.2, -0.15) is 5.26 Å². The first-order valence-corrected chi connectivity index (χ1v) is 8.21. The molecule has 1 aromatic heterocycles. The summed E-state index contributed by atoms with van der Waals surface area (Å²) in [4.78, 5) is 41.4. The normalized spacial score (nSPS) is 13.0. The van der Waals surface area contributed by atoms with Crippen LogP contribution in [0.4, 0.5) is 0 Å². The molecule has 2 N–H and O–H groups in total. The van der Waals surface area contributed by atoms with Crippen LogP contribution in [0.3, 0.4) is 0 Å². The Labute approximate surface area is 144 Å². The summed E-state index contributed by atoms with van der Waals surface area (Å²) in [5.41, 5.74) is -1.13. The molecule has 0 fully saturated rings. The first kappa shape index (κ1) is 19.7. The summed E-state index contributed by atoms with van der Waals surface area (Å²) in [7, 11) is 1.25. The standard InChI is InChI=1S/C15H20N4O4S/c1-9(2)15(3,8-16)19-12(21)7-24-14-17-10(5-11(20)18-14)6-13(22)23-4/h5,9H,6-7H2,1-4H3,(H,19,21)(H,17,18,20). The molecule has 0 aliphatic heterocycles. The van der Waals surface area contributed by atoms with Crippen molar-refractivity contribution in [1.82, 2.24) is 15.3 Å². The van der Waals surface area contributed by atoms with Crippen molar-refractivity contribution in [2.75, 3.05) is 12.9 Å². The number of ether oxygens (including phenoxy) is 1. The summed E-state index contributed by atoms with van der Waals surface area (Å²) >= 11 is 1.01. The molecule has 0 saturated carbocycles. The molecule has 1 aromatic rings. The van der Waals surface area contributed by atoms with E-state index in [-0.39, 0.29) is 34.8 Å². The SMILES string of the molecule is COC(=O)Cc1cc(=O)[nH]c(SCC(=O)NC(C)(C#N)C(C)C)n1. The number of hydrogen-bond donors (Lipinski definition) is 2. The molecule has 0 aliphatic rings. The number of nitrogens with one attached hydrogen (secondary N) is 2. The molecule has 0 aromatic carbocycles. The fourth-order valence-corrected chi connectivity index (χ4v) is 2.32. The Kier molecular flexibility index (Phi) is 6.97. The molecule has 8 nitrogen and oxygen atoms in total. The van der Waals surface area contributed by atoms with Crippen molar-refractivity contribution in [3.63, 3.8) is 0 Å². The maximum atomic E-state index is 12.0. The minimum absolute atomic E-state index is 0.0192. The summed E-state index contributed by atoms with van der Waals surface area (Å²) in [6, 6.07) is 3.29. The third-order valence-electron chi connectivity index (χ3n) is 3.45. The van der Waals surface area contributed by atoms with E-state index in [0.717, 1.165) is 11.8 Å². The van der Waals surface area contributed by atoms with E-state index in [9.17, 15) is 19.6 Å². The number of thioether (sulfide) groups is 1. The molecule has 1 unspecified atom stereocenters. The number of hydrogen-bond acceptors (Lipinski definition) is 7. The van der Waals surface area contributed by atoms with Crippen LogP contribution in [-0.4, -0.2) is 40.2 Å². The van der Waals surface area contributed by atoms with Crippen LogP contribution >= 0.6 is 11.8 Å². The number of aromatic nitrogens is 2. The lowest BCUT2D eigenvalue weighted by atomic mass is 9.90. The molecule has 1 atom stereocenters. The summed E-state index contributed by atoms with van der Waals surface area (Å²) in [5.74, 6) is -0.936. The Morgan fingerprint density at radius 3 is 2.75 bits per heavy atom. The maximum Gasteiger partial charge on any atom is 0.311 e. The molecule has 0 radical (unpaired) electrons. The van der Waals surface area contributed by atoms with Crippen LogP contribution in [0.15, 0.2) is 16.0 Å². The number of carbonyl (C=O) groups excluding carboxylic acids is 2. The summed E-state index contributed by atoms with van der Waals surface area (Å²) in [6.45, 7) is 5.33. The van der Waals surface area contributed by atoms with Gasteiger partial charge >= 0.3 is 5.97 Å². The Hall–Kier alpha value is -2.34. The molecule has 0 spiro atoms. The van der Waals surface area contributed by atoms with Crippen LogP contribution in [0.5, 0.6) is 0 Å². The highest BCUT2D eigenvalue weighted by molar-refractivity contribution is 7.99. The fraction of sp³-hybridized carbons (Fsp3) is 0.533. The van der Waals surface area contributed by atoms with Crippen LogP contribution in [0, 0.1) is 17.2 Å². The largest absolute Gasteiger partial charge is 0.469 e. The van der Waals surface area contributed by atoms with E-state index >= 15 is 0 Å². The molecule has 130 valence electrons. The van der Waals surface area contributed by atoms with E-state index in [4.69, 9.17) is 0 Å². The highest BCUT2D eigenvalue weighted by Crippen LogP contribution is 2.17. The smallest absolute Gasteiger partial charge is 0.311 e. The second kappa shape index (κ2) is 8.49. The minimum Gasteiger partial charge on any atom is -0.469 e. The number of nitrogens with zero attached hydrogens (tertiary/aromatic N) is 2. The zero-order valence-corrected chi connectivity index (χ0v) is 14.8. The lowest BCUT2D eigenvalue weighted by Crippen LogP contribution is -2.49. The fourth-order valence-electron chi connectivity index (χ4n) is 1.62. The predicted octanol–water partition coefficient (Wildman–Crippen LogP) is 0.632. The molecule has 24 heavy (non-hydrogen) atoms. The number of rotatable bonds is 7. The van der Waals surface area contributed by atoms with Gasteiger partial charge in [0.2, 0.25) is 5.91 Å². The van der Waals surface area contributed by atoms with E-state index < -0.39 is 17.1 Å². The zero-order chi connectivity index (χ0) is 18.3. The lowest BCUT2D eigenvalue weighted by Gasteiger charge is -2.27. The van der Waals surface area contributed by atoms with Gasteiger partial charge in [-0.3, -0.25) is 14.4 Å². The maximum absolute atomic E-state index is 12.0. The van der Waals surface area contributed by atoms with Crippen molar-refractivity contribution in [2.45, 2.75) is 37.9 Å². The van der Waals surface area contributed by atoms with E-state index in [2.05, 4.69) is 26.1 Å². The van der Waals surface area contributed by atoms with Crippen molar-refractivity contribution in [3.05, 3.63) is 22.1 Å². The van der Waals surface area contributed by atoms with Gasteiger partial charge in [-0.1, -0.05) is 25.6 Å². The second-order valence-electron chi connectivity index (χ2n) is 5.60. The van der Waals surface area contributed by atoms with Crippen LogP contribution in [0.1, 0.15) is 26.5 Å². The number of amides is 1. The van der Waals surface area contributed by atoms with Gasteiger partial charge in [-0.05, 0) is 12.8 Å². The Balaban J connectivity index is 2.74. The highest BCUT2D eigenvalue weighted by Gasteiger charge is 2.29. The van der Waals surface area contributed by atoms with Crippen LogP contribution in [0.25, 0.3) is 0 Å². The Morgan fingerprint density at radius 2 is 2.21 bits per heavy atom. The van der Waals surface area contributed by atoms with Gasteiger partial charge in [0.15, 0.2) is 5.16 Å². The monoisotopic (exact) mass is 352 g/mol. The van der Waals surface area contributed by atoms with E-state index in [1.54, 1.807) is 6.92 Å². The van der Waals surface area contributed by atoms with Gasteiger partial charge < -0.3 is 15.0 Å².